The number of rotatable bonds is 8. The SMILES string of the molecule is CC(C)c1ccc(S(=O)(=O)NCCOCc2ccccc2Cl)cc1. The number of hydrogen-bond donors (Lipinski definition) is 1. The third kappa shape index (κ3) is 5.31. The second-order valence-corrected chi connectivity index (χ2v) is 7.94. The normalized spacial score (nSPS) is 11.8. The number of sulfonamides is 1. The zero-order chi connectivity index (χ0) is 17.6. The number of halogens is 1. The number of hydrogen-bond acceptors (Lipinski definition) is 3. The minimum absolute atomic E-state index is 0.207. The molecule has 0 aliphatic carbocycles. The minimum Gasteiger partial charge on any atom is -0.375 e. The van der Waals surface area contributed by atoms with E-state index in [9.17, 15) is 8.42 Å². The highest BCUT2D eigenvalue weighted by molar-refractivity contribution is 7.89. The topological polar surface area (TPSA) is 55.4 Å². The smallest absolute Gasteiger partial charge is 0.240 e. The van der Waals surface area contributed by atoms with Gasteiger partial charge in [-0.05, 0) is 35.2 Å². The predicted octanol–water partition coefficient (Wildman–Crippen LogP) is 3.96. The summed E-state index contributed by atoms with van der Waals surface area (Å²) in [5.74, 6) is 0.368. The van der Waals surface area contributed by atoms with Crippen molar-refractivity contribution < 1.29 is 13.2 Å². The van der Waals surface area contributed by atoms with Gasteiger partial charge in [0.2, 0.25) is 10.0 Å². The van der Waals surface area contributed by atoms with E-state index in [1.165, 1.54) is 0 Å². The first-order chi connectivity index (χ1) is 11.4. The summed E-state index contributed by atoms with van der Waals surface area (Å²) in [6.45, 7) is 4.97. The molecule has 0 atom stereocenters. The number of nitrogens with one attached hydrogen (secondary N) is 1. The maximum absolute atomic E-state index is 12.2. The molecule has 24 heavy (non-hydrogen) atoms. The van der Waals surface area contributed by atoms with E-state index in [1.807, 2.05) is 30.3 Å². The van der Waals surface area contributed by atoms with E-state index in [0.717, 1.165) is 11.1 Å². The van der Waals surface area contributed by atoms with E-state index < -0.39 is 10.0 Å². The molecule has 2 aromatic carbocycles. The van der Waals surface area contributed by atoms with Gasteiger partial charge in [0.15, 0.2) is 0 Å². The van der Waals surface area contributed by atoms with E-state index >= 15 is 0 Å². The van der Waals surface area contributed by atoms with Crippen LogP contribution in [0.1, 0.15) is 30.9 Å². The molecule has 0 saturated carbocycles. The lowest BCUT2D eigenvalue weighted by Crippen LogP contribution is -2.27. The van der Waals surface area contributed by atoms with Crippen LogP contribution in [0.4, 0.5) is 0 Å². The molecule has 0 aliphatic rings. The summed E-state index contributed by atoms with van der Waals surface area (Å²) in [6.07, 6.45) is 0. The van der Waals surface area contributed by atoms with Crippen LogP contribution in [0, 0.1) is 0 Å². The molecule has 130 valence electrons. The zero-order valence-corrected chi connectivity index (χ0v) is 15.4. The molecule has 2 aromatic rings. The Morgan fingerprint density at radius 2 is 1.75 bits per heavy atom. The van der Waals surface area contributed by atoms with Crippen molar-refractivity contribution >= 4 is 21.6 Å². The second kappa shape index (κ2) is 8.62. The molecular formula is C18H22ClNO3S. The Hall–Kier alpha value is -1.40. The molecule has 0 bridgehead atoms. The molecule has 2 rings (SSSR count). The van der Waals surface area contributed by atoms with Crippen molar-refractivity contribution in [2.45, 2.75) is 31.3 Å². The fraction of sp³-hybridized carbons (Fsp3) is 0.333. The van der Waals surface area contributed by atoms with Gasteiger partial charge in [-0.15, -0.1) is 0 Å². The van der Waals surface area contributed by atoms with E-state index in [2.05, 4.69) is 18.6 Å². The molecule has 1 N–H and O–H groups in total. The average Bonchev–Trinajstić information content (AvgIpc) is 2.56. The fourth-order valence-electron chi connectivity index (χ4n) is 2.16. The van der Waals surface area contributed by atoms with Gasteiger partial charge in [-0.25, -0.2) is 13.1 Å². The lowest BCUT2D eigenvalue weighted by atomic mass is 10.0. The lowest BCUT2D eigenvalue weighted by Gasteiger charge is -2.10. The first-order valence-corrected chi connectivity index (χ1v) is 9.67. The molecule has 0 saturated heterocycles. The van der Waals surface area contributed by atoms with Crippen molar-refractivity contribution in [2.75, 3.05) is 13.2 Å². The monoisotopic (exact) mass is 367 g/mol. The van der Waals surface area contributed by atoms with Crippen molar-refractivity contribution in [3.8, 4) is 0 Å². The van der Waals surface area contributed by atoms with Crippen LogP contribution >= 0.6 is 11.6 Å². The Bertz CT molecular complexity index is 758. The summed E-state index contributed by atoms with van der Waals surface area (Å²) in [6, 6.07) is 14.3. The standard InChI is InChI=1S/C18H22ClNO3S/c1-14(2)15-7-9-17(10-8-15)24(21,22)20-11-12-23-13-16-5-3-4-6-18(16)19/h3-10,14,20H,11-13H2,1-2H3. The van der Waals surface area contributed by atoms with Crippen LogP contribution in [-0.4, -0.2) is 21.6 Å². The van der Waals surface area contributed by atoms with Gasteiger partial charge in [0, 0.05) is 11.6 Å². The largest absolute Gasteiger partial charge is 0.375 e. The van der Waals surface area contributed by atoms with E-state index in [0.29, 0.717) is 17.5 Å². The van der Waals surface area contributed by atoms with E-state index in [4.69, 9.17) is 16.3 Å². The molecule has 0 spiro atoms. The van der Waals surface area contributed by atoms with Gasteiger partial charge in [-0.2, -0.15) is 0 Å². The molecule has 6 heteroatoms. The van der Waals surface area contributed by atoms with Crippen molar-refractivity contribution in [3.05, 3.63) is 64.7 Å². The molecular weight excluding hydrogens is 346 g/mol. The third-order valence-corrected chi connectivity index (χ3v) is 5.46. The Balaban J connectivity index is 1.81. The van der Waals surface area contributed by atoms with Crippen LogP contribution in [0.25, 0.3) is 0 Å². The van der Waals surface area contributed by atoms with Crippen LogP contribution in [0.2, 0.25) is 5.02 Å². The quantitative estimate of drug-likeness (QED) is 0.718. The Morgan fingerprint density at radius 3 is 2.38 bits per heavy atom. The van der Waals surface area contributed by atoms with Crippen LogP contribution in [0.3, 0.4) is 0 Å². The van der Waals surface area contributed by atoms with Gasteiger partial charge in [0.25, 0.3) is 0 Å². The fourth-order valence-corrected chi connectivity index (χ4v) is 3.36. The van der Waals surface area contributed by atoms with Gasteiger partial charge in [-0.3, -0.25) is 0 Å². The molecule has 0 amide bonds. The summed E-state index contributed by atoms with van der Waals surface area (Å²) >= 11 is 6.03. The summed E-state index contributed by atoms with van der Waals surface area (Å²) in [5.41, 5.74) is 1.99. The van der Waals surface area contributed by atoms with Crippen LogP contribution in [0.5, 0.6) is 0 Å². The average molecular weight is 368 g/mol. The number of ether oxygens (including phenoxy) is 1. The molecule has 0 heterocycles. The van der Waals surface area contributed by atoms with Crippen LogP contribution < -0.4 is 4.72 Å². The molecule has 0 unspecified atom stereocenters. The summed E-state index contributed by atoms with van der Waals surface area (Å²) in [7, 11) is -3.51. The first kappa shape index (κ1) is 18.9. The molecule has 4 nitrogen and oxygen atoms in total. The van der Waals surface area contributed by atoms with Gasteiger partial charge in [0.1, 0.15) is 0 Å². The molecule has 0 fully saturated rings. The first-order valence-electron chi connectivity index (χ1n) is 7.81. The van der Waals surface area contributed by atoms with Crippen molar-refractivity contribution in [3.63, 3.8) is 0 Å². The predicted molar refractivity (Wildman–Crippen MR) is 96.8 cm³/mol. The maximum atomic E-state index is 12.2. The van der Waals surface area contributed by atoms with Gasteiger partial charge in [0.05, 0.1) is 18.1 Å². The highest BCUT2D eigenvalue weighted by Crippen LogP contribution is 2.17. The minimum atomic E-state index is -3.51. The lowest BCUT2D eigenvalue weighted by molar-refractivity contribution is 0.126. The summed E-state index contributed by atoms with van der Waals surface area (Å²) in [5, 5.41) is 0.642. The summed E-state index contributed by atoms with van der Waals surface area (Å²) in [4.78, 5) is 0.262. The van der Waals surface area contributed by atoms with E-state index in [1.54, 1.807) is 18.2 Å². The highest BCUT2D eigenvalue weighted by atomic mass is 35.5. The van der Waals surface area contributed by atoms with Crippen molar-refractivity contribution in [2.24, 2.45) is 0 Å². The van der Waals surface area contributed by atoms with Gasteiger partial charge in [-0.1, -0.05) is 55.8 Å². The maximum Gasteiger partial charge on any atom is 0.240 e. The Labute approximate surface area is 148 Å². The highest BCUT2D eigenvalue weighted by Gasteiger charge is 2.13. The third-order valence-electron chi connectivity index (χ3n) is 3.61. The molecule has 0 aromatic heterocycles. The zero-order valence-electron chi connectivity index (χ0n) is 13.8. The van der Waals surface area contributed by atoms with Gasteiger partial charge >= 0.3 is 0 Å². The van der Waals surface area contributed by atoms with Crippen molar-refractivity contribution in [1.29, 1.82) is 0 Å². The van der Waals surface area contributed by atoms with Crippen molar-refractivity contribution in [1.82, 2.24) is 4.72 Å². The summed E-state index contributed by atoms with van der Waals surface area (Å²) < 4.78 is 32.4. The number of benzene rings is 2. The van der Waals surface area contributed by atoms with Crippen LogP contribution in [0.15, 0.2) is 53.4 Å². The molecule has 0 radical (unpaired) electrons. The Kier molecular flexibility index (Phi) is 6.80. The molecule has 0 aliphatic heterocycles. The van der Waals surface area contributed by atoms with E-state index in [-0.39, 0.29) is 18.0 Å². The van der Waals surface area contributed by atoms with Gasteiger partial charge < -0.3 is 4.74 Å². The van der Waals surface area contributed by atoms with Crippen LogP contribution in [-0.2, 0) is 21.4 Å². The second-order valence-electron chi connectivity index (χ2n) is 5.77. The Morgan fingerprint density at radius 1 is 1.08 bits per heavy atom.